The van der Waals surface area contributed by atoms with Crippen LogP contribution < -0.4 is 5.32 Å². The normalized spacial score (nSPS) is 27.9. The highest BCUT2D eigenvalue weighted by molar-refractivity contribution is 5.92. The molecule has 0 spiro atoms. The Morgan fingerprint density at radius 3 is 2.68 bits per heavy atom. The zero-order valence-electron chi connectivity index (χ0n) is 15.2. The van der Waals surface area contributed by atoms with E-state index in [0.717, 1.165) is 42.9 Å². The van der Waals surface area contributed by atoms with E-state index in [-0.39, 0.29) is 18.0 Å². The number of aliphatic hydroxyl groups is 1. The highest BCUT2D eigenvalue weighted by Crippen LogP contribution is 2.25. The summed E-state index contributed by atoms with van der Waals surface area (Å²) in [5, 5.41) is 17.9. The predicted octanol–water partition coefficient (Wildman–Crippen LogP) is 0.390. The first-order valence-corrected chi connectivity index (χ1v) is 8.96. The Bertz CT molecular complexity index is 649. The number of carbonyl (C=O) groups is 1. The fraction of sp³-hybridized carbons (Fsp3) is 0.667. The molecule has 0 radical (unpaired) electrons. The van der Waals surface area contributed by atoms with Crippen LogP contribution in [0.15, 0.2) is 6.08 Å². The summed E-state index contributed by atoms with van der Waals surface area (Å²) >= 11 is 0. The smallest absolute Gasteiger partial charge is 0.244 e. The van der Waals surface area contributed by atoms with Gasteiger partial charge in [-0.25, -0.2) is 0 Å². The summed E-state index contributed by atoms with van der Waals surface area (Å²) in [6.07, 6.45) is 4.50. The van der Waals surface area contributed by atoms with E-state index < -0.39 is 6.10 Å². The lowest BCUT2D eigenvalue weighted by molar-refractivity contribution is -0.118. The maximum atomic E-state index is 12.3. The van der Waals surface area contributed by atoms with E-state index in [9.17, 15) is 9.90 Å². The van der Waals surface area contributed by atoms with Gasteiger partial charge in [-0.05, 0) is 32.8 Å². The third kappa shape index (κ3) is 3.94. The van der Waals surface area contributed by atoms with Gasteiger partial charge in [-0.2, -0.15) is 5.10 Å². The summed E-state index contributed by atoms with van der Waals surface area (Å²) in [6.45, 7) is 7.03. The van der Waals surface area contributed by atoms with Crippen molar-refractivity contribution in [2.24, 2.45) is 7.05 Å². The van der Waals surface area contributed by atoms with Crippen molar-refractivity contribution in [3.63, 3.8) is 0 Å². The molecule has 2 aliphatic rings. The SMILES string of the molecule is Cc1nn(C)c(C)c1/C=C/C(=O)N[C@@H]1CC[C@@H](N2CCOCC2)[C@@H]1O. The number of aryl methyl sites for hydroxylation is 2. The zero-order valence-corrected chi connectivity index (χ0v) is 15.2. The van der Waals surface area contributed by atoms with Crippen molar-refractivity contribution < 1.29 is 14.6 Å². The Balaban J connectivity index is 1.57. The van der Waals surface area contributed by atoms with Gasteiger partial charge in [0.1, 0.15) is 0 Å². The zero-order chi connectivity index (χ0) is 18.0. The van der Waals surface area contributed by atoms with Crippen LogP contribution in [0.1, 0.15) is 29.8 Å². The van der Waals surface area contributed by atoms with Crippen LogP contribution in [0.25, 0.3) is 6.08 Å². The van der Waals surface area contributed by atoms with Crippen molar-refractivity contribution in [1.82, 2.24) is 20.0 Å². The number of aromatic nitrogens is 2. The molecular formula is C18H28N4O3. The molecule has 1 amide bonds. The van der Waals surface area contributed by atoms with E-state index in [1.807, 2.05) is 20.9 Å². The minimum Gasteiger partial charge on any atom is -0.389 e. The summed E-state index contributed by atoms with van der Waals surface area (Å²) in [6, 6.07) is -0.0814. The van der Waals surface area contributed by atoms with Crippen molar-refractivity contribution >= 4 is 12.0 Å². The van der Waals surface area contributed by atoms with Crippen LogP contribution in [0.4, 0.5) is 0 Å². The second-order valence-corrected chi connectivity index (χ2v) is 6.94. The highest BCUT2D eigenvalue weighted by atomic mass is 16.5. The molecule has 1 aromatic heterocycles. The maximum Gasteiger partial charge on any atom is 0.244 e. The van der Waals surface area contributed by atoms with Crippen LogP contribution in [-0.2, 0) is 16.6 Å². The average molecular weight is 348 g/mol. The van der Waals surface area contributed by atoms with Gasteiger partial charge in [-0.15, -0.1) is 0 Å². The van der Waals surface area contributed by atoms with Crippen LogP contribution in [0.2, 0.25) is 0 Å². The van der Waals surface area contributed by atoms with Crippen molar-refractivity contribution in [2.45, 2.75) is 44.9 Å². The molecule has 0 bridgehead atoms. The molecule has 7 nitrogen and oxygen atoms in total. The van der Waals surface area contributed by atoms with Crippen molar-refractivity contribution in [3.05, 3.63) is 23.0 Å². The summed E-state index contributed by atoms with van der Waals surface area (Å²) in [7, 11) is 1.89. The van der Waals surface area contributed by atoms with Crippen LogP contribution in [0.3, 0.4) is 0 Å². The number of hydrogen-bond acceptors (Lipinski definition) is 5. The van der Waals surface area contributed by atoms with Gasteiger partial charge in [0.15, 0.2) is 0 Å². The van der Waals surface area contributed by atoms with Crippen molar-refractivity contribution in [2.75, 3.05) is 26.3 Å². The van der Waals surface area contributed by atoms with E-state index in [1.165, 1.54) is 6.08 Å². The number of morpholine rings is 1. The molecule has 3 atom stereocenters. The molecule has 25 heavy (non-hydrogen) atoms. The van der Waals surface area contributed by atoms with E-state index in [2.05, 4.69) is 15.3 Å². The van der Waals surface area contributed by atoms with Gasteiger partial charge in [0.2, 0.25) is 5.91 Å². The topological polar surface area (TPSA) is 79.6 Å². The summed E-state index contributed by atoms with van der Waals surface area (Å²) in [5.74, 6) is -0.172. The molecule has 2 heterocycles. The minimum absolute atomic E-state index is 0.112. The first-order chi connectivity index (χ1) is 12.0. The number of aliphatic hydroxyl groups excluding tert-OH is 1. The Labute approximate surface area is 148 Å². The number of ether oxygens (including phenoxy) is 1. The quantitative estimate of drug-likeness (QED) is 0.770. The van der Waals surface area contributed by atoms with E-state index in [1.54, 1.807) is 10.8 Å². The lowest BCUT2D eigenvalue weighted by atomic mass is 10.1. The van der Waals surface area contributed by atoms with Crippen LogP contribution >= 0.6 is 0 Å². The maximum absolute atomic E-state index is 12.3. The number of rotatable bonds is 4. The molecular weight excluding hydrogens is 320 g/mol. The molecule has 0 unspecified atom stereocenters. The fourth-order valence-electron chi connectivity index (χ4n) is 3.85. The van der Waals surface area contributed by atoms with Crippen LogP contribution in [0.5, 0.6) is 0 Å². The third-order valence-corrected chi connectivity index (χ3v) is 5.39. The number of nitrogens with one attached hydrogen (secondary N) is 1. The molecule has 1 aromatic rings. The lowest BCUT2D eigenvalue weighted by Crippen LogP contribution is -2.51. The molecule has 1 saturated carbocycles. The van der Waals surface area contributed by atoms with E-state index in [0.29, 0.717) is 13.2 Å². The third-order valence-electron chi connectivity index (χ3n) is 5.39. The number of amides is 1. The largest absolute Gasteiger partial charge is 0.389 e. The summed E-state index contributed by atoms with van der Waals surface area (Å²) in [5.41, 5.74) is 2.89. The van der Waals surface area contributed by atoms with Crippen LogP contribution in [-0.4, -0.2) is 70.2 Å². The molecule has 1 aliphatic heterocycles. The first kappa shape index (κ1) is 18.1. The second kappa shape index (κ2) is 7.68. The van der Waals surface area contributed by atoms with Gasteiger partial charge in [0.05, 0.1) is 31.1 Å². The second-order valence-electron chi connectivity index (χ2n) is 6.94. The van der Waals surface area contributed by atoms with Gasteiger partial charge >= 0.3 is 0 Å². The fourth-order valence-corrected chi connectivity index (χ4v) is 3.85. The summed E-state index contributed by atoms with van der Waals surface area (Å²) in [4.78, 5) is 14.5. The highest BCUT2D eigenvalue weighted by Gasteiger charge is 2.39. The lowest BCUT2D eigenvalue weighted by Gasteiger charge is -2.34. The number of nitrogens with zero attached hydrogens (tertiary/aromatic N) is 3. The molecule has 1 saturated heterocycles. The molecule has 2 fully saturated rings. The molecule has 1 aliphatic carbocycles. The average Bonchev–Trinajstić information content (AvgIpc) is 3.07. The van der Waals surface area contributed by atoms with E-state index in [4.69, 9.17) is 4.74 Å². The van der Waals surface area contributed by atoms with Crippen molar-refractivity contribution in [1.29, 1.82) is 0 Å². The van der Waals surface area contributed by atoms with Gasteiger partial charge < -0.3 is 15.2 Å². The minimum atomic E-state index is -0.530. The predicted molar refractivity (Wildman–Crippen MR) is 95.1 cm³/mol. The molecule has 0 aromatic carbocycles. The van der Waals surface area contributed by atoms with Crippen molar-refractivity contribution in [3.8, 4) is 0 Å². The molecule has 3 rings (SSSR count). The Morgan fingerprint density at radius 2 is 2.04 bits per heavy atom. The molecule has 138 valence electrons. The van der Waals surface area contributed by atoms with Gasteiger partial charge in [0, 0.05) is 43.5 Å². The Kier molecular flexibility index (Phi) is 5.56. The number of carbonyl (C=O) groups excluding carboxylic acids is 1. The first-order valence-electron chi connectivity index (χ1n) is 8.96. The Morgan fingerprint density at radius 1 is 1.32 bits per heavy atom. The number of hydrogen-bond donors (Lipinski definition) is 2. The molecule has 7 heteroatoms. The van der Waals surface area contributed by atoms with Gasteiger partial charge in [-0.3, -0.25) is 14.4 Å². The summed E-state index contributed by atoms with van der Waals surface area (Å²) < 4.78 is 7.18. The van der Waals surface area contributed by atoms with E-state index >= 15 is 0 Å². The standard InChI is InChI=1S/C18H28N4O3/c1-12-14(13(2)21(3)20-12)4-7-17(23)19-15-5-6-16(18(15)24)22-8-10-25-11-9-22/h4,7,15-16,18,24H,5-6,8-11H2,1-3H3,(H,19,23)/b7-4+/t15-,16-,18-/m1/s1. The van der Waals surface area contributed by atoms with Gasteiger partial charge in [0.25, 0.3) is 0 Å². The van der Waals surface area contributed by atoms with Gasteiger partial charge in [-0.1, -0.05) is 0 Å². The molecule has 2 N–H and O–H groups in total. The monoisotopic (exact) mass is 348 g/mol. The Hall–Kier alpha value is -1.70. The van der Waals surface area contributed by atoms with Crippen LogP contribution in [0, 0.1) is 13.8 Å².